The Labute approximate surface area is 118 Å². The van der Waals surface area contributed by atoms with E-state index in [0.29, 0.717) is 6.04 Å². The van der Waals surface area contributed by atoms with Crippen LogP contribution in [0.15, 0.2) is 18.6 Å². The van der Waals surface area contributed by atoms with Crippen LogP contribution >= 0.6 is 0 Å². The highest BCUT2D eigenvalue weighted by molar-refractivity contribution is 5.36. The van der Waals surface area contributed by atoms with E-state index < -0.39 is 0 Å². The number of rotatable bonds is 4. The van der Waals surface area contributed by atoms with Gasteiger partial charge in [0.15, 0.2) is 0 Å². The van der Waals surface area contributed by atoms with Crippen molar-refractivity contribution in [1.82, 2.24) is 24.8 Å². The fraction of sp³-hybridized carbons (Fsp3) is 0.500. The van der Waals surface area contributed by atoms with Crippen molar-refractivity contribution in [3.63, 3.8) is 0 Å². The molecule has 6 heteroatoms. The summed E-state index contributed by atoms with van der Waals surface area (Å²) in [5.41, 5.74) is 2.26. The van der Waals surface area contributed by atoms with Crippen molar-refractivity contribution >= 4 is 5.82 Å². The van der Waals surface area contributed by atoms with Gasteiger partial charge in [-0.25, -0.2) is 15.0 Å². The molecule has 1 saturated heterocycles. The van der Waals surface area contributed by atoms with Gasteiger partial charge < -0.3 is 10.3 Å². The van der Waals surface area contributed by atoms with E-state index in [1.807, 2.05) is 20.2 Å². The highest BCUT2D eigenvalue weighted by atomic mass is 15.2. The van der Waals surface area contributed by atoms with Crippen LogP contribution in [0.4, 0.5) is 5.82 Å². The Kier molecular flexibility index (Phi) is 3.64. The molecule has 1 aliphatic rings. The molecule has 1 aliphatic heterocycles. The van der Waals surface area contributed by atoms with Crippen LogP contribution in [-0.2, 0) is 6.54 Å². The number of nitrogens with zero attached hydrogens (tertiary/aromatic N) is 4. The summed E-state index contributed by atoms with van der Waals surface area (Å²) in [5.74, 6) is 1.71. The Bertz CT molecular complexity index is 565. The van der Waals surface area contributed by atoms with E-state index in [0.717, 1.165) is 42.5 Å². The summed E-state index contributed by atoms with van der Waals surface area (Å²) in [6, 6.07) is 2.43. The molecular formula is C14H20N6. The standard InChI is InChI=1S/C14H20N6/c1-10-18-12(6-14(15-2)19-10)13-4-3-5-20(13)8-11-7-16-9-17-11/h6-7,9,13H,3-5,8H2,1-2H3,(H,16,17)(H,15,18,19)/t13-/m0/s1. The molecule has 0 aliphatic carbocycles. The van der Waals surface area contributed by atoms with Gasteiger partial charge in [-0.3, -0.25) is 4.90 Å². The van der Waals surface area contributed by atoms with Crippen molar-refractivity contribution in [1.29, 1.82) is 0 Å². The van der Waals surface area contributed by atoms with Crippen LogP contribution in [0.5, 0.6) is 0 Å². The number of imidazole rings is 1. The number of nitrogens with one attached hydrogen (secondary N) is 2. The third-order valence-corrected chi connectivity index (χ3v) is 3.75. The van der Waals surface area contributed by atoms with Crippen molar-refractivity contribution in [2.45, 2.75) is 32.4 Å². The van der Waals surface area contributed by atoms with Crippen molar-refractivity contribution in [2.75, 3.05) is 18.9 Å². The lowest BCUT2D eigenvalue weighted by molar-refractivity contribution is 0.241. The third kappa shape index (κ3) is 2.65. The Morgan fingerprint density at radius 1 is 1.45 bits per heavy atom. The third-order valence-electron chi connectivity index (χ3n) is 3.75. The predicted molar refractivity (Wildman–Crippen MR) is 77.3 cm³/mol. The molecule has 3 rings (SSSR count). The first-order valence-electron chi connectivity index (χ1n) is 7.01. The SMILES string of the molecule is CNc1cc([C@@H]2CCCN2Cc2cnc[nH]2)nc(C)n1. The molecule has 1 atom stereocenters. The van der Waals surface area contributed by atoms with Gasteiger partial charge in [0.2, 0.25) is 0 Å². The zero-order valence-electron chi connectivity index (χ0n) is 11.9. The number of H-pyrrole nitrogens is 1. The molecular weight excluding hydrogens is 252 g/mol. The van der Waals surface area contributed by atoms with Gasteiger partial charge in [-0.15, -0.1) is 0 Å². The minimum Gasteiger partial charge on any atom is -0.373 e. The summed E-state index contributed by atoms with van der Waals surface area (Å²) in [6.07, 6.45) is 5.97. The van der Waals surface area contributed by atoms with Gasteiger partial charge >= 0.3 is 0 Å². The highest BCUT2D eigenvalue weighted by Crippen LogP contribution is 2.32. The molecule has 0 amide bonds. The minimum atomic E-state index is 0.368. The lowest BCUT2D eigenvalue weighted by Gasteiger charge is -2.23. The molecule has 106 valence electrons. The van der Waals surface area contributed by atoms with Crippen molar-refractivity contribution in [2.24, 2.45) is 0 Å². The quantitative estimate of drug-likeness (QED) is 0.889. The number of likely N-dealkylation sites (tertiary alicyclic amines) is 1. The molecule has 0 radical (unpaired) electrons. The highest BCUT2D eigenvalue weighted by Gasteiger charge is 2.27. The van der Waals surface area contributed by atoms with E-state index in [1.54, 1.807) is 6.33 Å². The monoisotopic (exact) mass is 272 g/mol. The number of hydrogen-bond acceptors (Lipinski definition) is 5. The van der Waals surface area contributed by atoms with Crippen LogP contribution in [0.1, 0.15) is 36.1 Å². The van der Waals surface area contributed by atoms with E-state index >= 15 is 0 Å². The minimum absolute atomic E-state index is 0.368. The molecule has 0 bridgehead atoms. The van der Waals surface area contributed by atoms with Crippen LogP contribution in [0.2, 0.25) is 0 Å². The van der Waals surface area contributed by atoms with Crippen molar-refractivity contribution < 1.29 is 0 Å². The molecule has 0 saturated carbocycles. The number of aromatic nitrogens is 4. The Morgan fingerprint density at radius 2 is 2.35 bits per heavy atom. The smallest absolute Gasteiger partial charge is 0.129 e. The lowest BCUT2D eigenvalue weighted by atomic mass is 10.1. The maximum atomic E-state index is 4.62. The Morgan fingerprint density at radius 3 is 3.10 bits per heavy atom. The van der Waals surface area contributed by atoms with E-state index in [9.17, 15) is 0 Å². The van der Waals surface area contributed by atoms with Crippen molar-refractivity contribution in [3.05, 3.63) is 35.8 Å². The predicted octanol–water partition coefficient (Wildman–Crippen LogP) is 1.89. The second kappa shape index (κ2) is 5.58. The molecule has 3 heterocycles. The fourth-order valence-corrected chi connectivity index (χ4v) is 2.83. The molecule has 2 N–H and O–H groups in total. The lowest BCUT2D eigenvalue weighted by Crippen LogP contribution is -2.24. The largest absolute Gasteiger partial charge is 0.373 e. The van der Waals surface area contributed by atoms with E-state index in [1.165, 1.54) is 6.42 Å². The van der Waals surface area contributed by atoms with Gasteiger partial charge in [0.25, 0.3) is 0 Å². The molecule has 2 aromatic heterocycles. The topological polar surface area (TPSA) is 69.7 Å². The van der Waals surface area contributed by atoms with Gasteiger partial charge in [0.05, 0.1) is 18.1 Å². The van der Waals surface area contributed by atoms with Gasteiger partial charge in [0.1, 0.15) is 11.6 Å². The molecule has 6 nitrogen and oxygen atoms in total. The molecule has 1 fully saturated rings. The Balaban J connectivity index is 1.82. The van der Waals surface area contributed by atoms with Gasteiger partial charge in [-0.2, -0.15) is 0 Å². The molecule has 0 aromatic carbocycles. The summed E-state index contributed by atoms with van der Waals surface area (Å²) >= 11 is 0. The average Bonchev–Trinajstić information content (AvgIpc) is 3.10. The summed E-state index contributed by atoms with van der Waals surface area (Å²) in [5, 5.41) is 3.11. The maximum Gasteiger partial charge on any atom is 0.129 e. The molecule has 2 aromatic rings. The second-order valence-corrected chi connectivity index (χ2v) is 5.18. The van der Waals surface area contributed by atoms with E-state index in [-0.39, 0.29) is 0 Å². The normalized spacial score (nSPS) is 19.4. The summed E-state index contributed by atoms with van der Waals surface area (Å²) in [6.45, 7) is 3.93. The zero-order chi connectivity index (χ0) is 13.9. The van der Waals surface area contributed by atoms with Crippen LogP contribution < -0.4 is 5.32 Å². The number of anilines is 1. The molecule has 0 unspecified atom stereocenters. The molecule has 0 spiro atoms. The van der Waals surface area contributed by atoms with Gasteiger partial charge in [-0.1, -0.05) is 0 Å². The number of aromatic amines is 1. The average molecular weight is 272 g/mol. The number of hydrogen-bond donors (Lipinski definition) is 2. The van der Waals surface area contributed by atoms with E-state index in [2.05, 4.69) is 36.2 Å². The Hall–Kier alpha value is -1.95. The first-order chi connectivity index (χ1) is 9.76. The van der Waals surface area contributed by atoms with Crippen molar-refractivity contribution in [3.8, 4) is 0 Å². The van der Waals surface area contributed by atoms with Gasteiger partial charge in [0, 0.05) is 31.5 Å². The first kappa shape index (κ1) is 13.1. The summed E-state index contributed by atoms with van der Waals surface area (Å²) in [7, 11) is 1.89. The zero-order valence-corrected chi connectivity index (χ0v) is 11.9. The maximum absolute atomic E-state index is 4.62. The van der Waals surface area contributed by atoms with E-state index in [4.69, 9.17) is 0 Å². The van der Waals surface area contributed by atoms with Crippen LogP contribution in [0.25, 0.3) is 0 Å². The molecule has 20 heavy (non-hydrogen) atoms. The summed E-state index contributed by atoms with van der Waals surface area (Å²) < 4.78 is 0. The van der Waals surface area contributed by atoms with Crippen LogP contribution in [0.3, 0.4) is 0 Å². The summed E-state index contributed by atoms with van der Waals surface area (Å²) in [4.78, 5) is 18.7. The van der Waals surface area contributed by atoms with Crippen LogP contribution in [-0.4, -0.2) is 38.4 Å². The fourth-order valence-electron chi connectivity index (χ4n) is 2.83. The second-order valence-electron chi connectivity index (χ2n) is 5.18. The van der Waals surface area contributed by atoms with Crippen LogP contribution in [0, 0.1) is 6.92 Å². The number of aryl methyl sites for hydroxylation is 1. The van der Waals surface area contributed by atoms with Gasteiger partial charge in [-0.05, 0) is 26.3 Å². The first-order valence-corrected chi connectivity index (χ1v) is 7.01.